The highest BCUT2D eigenvalue weighted by Gasteiger charge is 2.33. The summed E-state index contributed by atoms with van der Waals surface area (Å²) in [7, 11) is -3.71. The lowest BCUT2D eigenvalue weighted by atomic mass is 10.2. The maximum Gasteiger partial charge on any atom is 0.322 e. The molecule has 0 saturated heterocycles. The summed E-state index contributed by atoms with van der Waals surface area (Å²) in [6.07, 6.45) is 1.55. The third-order valence-electron chi connectivity index (χ3n) is 2.25. The van der Waals surface area contributed by atoms with Gasteiger partial charge in [-0.15, -0.1) is 11.3 Å². The lowest BCUT2D eigenvalue weighted by Crippen LogP contribution is -2.29. The van der Waals surface area contributed by atoms with Crippen LogP contribution in [0, 0.1) is 0 Å². The van der Waals surface area contributed by atoms with E-state index in [2.05, 4.69) is 0 Å². The van der Waals surface area contributed by atoms with Crippen molar-refractivity contribution in [1.82, 2.24) is 0 Å². The molecule has 1 rings (SSSR count). The lowest BCUT2D eigenvalue weighted by molar-refractivity contribution is -0.136. The summed E-state index contributed by atoms with van der Waals surface area (Å²) >= 11 is 1.06. The summed E-state index contributed by atoms with van der Waals surface area (Å²) in [4.78, 5) is 11.0. The fourth-order valence-electron chi connectivity index (χ4n) is 1.37. The molecule has 0 fully saturated rings. The molecule has 90 valence electrons. The van der Waals surface area contributed by atoms with Crippen molar-refractivity contribution in [2.24, 2.45) is 0 Å². The molecule has 1 aromatic rings. The first-order valence-corrected chi connectivity index (χ1v) is 7.43. The summed E-state index contributed by atoms with van der Waals surface area (Å²) < 4.78 is 24.1. The van der Waals surface area contributed by atoms with Crippen LogP contribution in [-0.2, 0) is 14.6 Å². The average molecular weight is 262 g/mol. The Labute approximate surface area is 98.8 Å². The molecule has 0 radical (unpaired) electrons. The van der Waals surface area contributed by atoms with Crippen LogP contribution in [0.3, 0.4) is 0 Å². The molecule has 0 amide bonds. The molecule has 0 bridgehead atoms. The van der Waals surface area contributed by atoms with E-state index in [1.165, 1.54) is 6.07 Å². The van der Waals surface area contributed by atoms with Gasteiger partial charge in [-0.05, 0) is 17.9 Å². The van der Waals surface area contributed by atoms with Gasteiger partial charge in [-0.3, -0.25) is 4.79 Å². The van der Waals surface area contributed by atoms with Crippen LogP contribution in [0.1, 0.15) is 26.2 Å². The van der Waals surface area contributed by atoms with Crippen molar-refractivity contribution < 1.29 is 18.3 Å². The van der Waals surface area contributed by atoms with Crippen molar-refractivity contribution in [2.75, 3.05) is 0 Å². The van der Waals surface area contributed by atoms with Crippen LogP contribution in [0.5, 0.6) is 0 Å². The fraction of sp³-hybridized carbons (Fsp3) is 0.500. The van der Waals surface area contributed by atoms with E-state index in [-0.39, 0.29) is 10.6 Å². The molecule has 0 aliphatic heterocycles. The number of thiophene rings is 1. The Morgan fingerprint density at radius 3 is 2.69 bits per heavy atom. The van der Waals surface area contributed by atoms with Crippen LogP contribution < -0.4 is 0 Å². The minimum absolute atomic E-state index is 0.135. The second kappa shape index (κ2) is 5.45. The van der Waals surface area contributed by atoms with Gasteiger partial charge in [-0.25, -0.2) is 8.42 Å². The van der Waals surface area contributed by atoms with E-state index in [1.54, 1.807) is 11.4 Å². The van der Waals surface area contributed by atoms with Gasteiger partial charge >= 0.3 is 5.97 Å². The third-order valence-corrected chi connectivity index (χ3v) is 5.78. The standard InChI is InChI=1S/C10H14O4S2/c1-2-3-5-8(10(11)12)16(13,14)9-6-4-7-15-9/h4,6-8H,2-3,5H2,1H3,(H,11,12). The molecule has 1 unspecified atom stereocenters. The first kappa shape index (κ1) is 13.2. The van der Waals surface area contributed by atoms with E-state index in [4.69, 9.17) is 5.11 Å². The molecule has 16 heavy (non-hydrogen) atoms. The van der Waals surface area contributed by atoms with Crippen molar-refractivity contribution >= 4 is 27.1 Å². The van der Waals surface area contributed by atoms with Crippen molar-refractivity contribution in [2.45, 2.75) is 35.6 Å². The zero-order chi connectivity index (χ0) is 12.2. The van der Waals surface area contributed by atoms with E-state index in [1.807, 2.05) is 6.92 Å². The number of rotatable bonds is 6. The molecule has 0 aliphatic rings. The van der Waals surface area contributed by atoms with Crippen LogP contribution in [-0.4, -0.2) is 24.7 Å². The topological polar surface area (TPSA) is 71.4 Å². The Bertz CT molecular complexity index is 433. The van der Waals surface area contributed by atoms with Gasteiger partial charge in [0.05, 0.1) is 0 Å². The molecular weight excluding hydrogens is 248 g/mol. The molecule has 1 heterocycles. The molecule has 1 atom stereocenters. The number of sulfone groups is 1. The number of hydrogen-bond donors (Lipinski definition) is 1. The van der Waals surface area contributed by atoms with E-state index in [0.29, 0.717) is 6.42 Å². The van der Waals surface area contributed by atoms with Crippen LogP contribution in [0.4, 0.5) is 0 Å². The van der Waals surface area contributed by atoms with Gasteiger partial charge in [-0.2, -0.15) is 0 Å². The average Bonchev–Trinajstić information content (AvgIpc) is 2.70. The SMILES string of the molecule is CCCCC(C(=O)O)S(=O)(=O)c1cccs1. The summed E-state index contributed by atoms with van der Waals surface area (Å²) in [6.45, 7) is 1.90. The zero-order valence-electron chi connectivity index (χ0n) is 8.92. The normalized spacial score (nSPS) is 13.6. The molecule has 0 spiro atoms. The first-order valence-electron chi connectivity index (χ1n) is 5.00. The summed E-state index contributed by atoms with van der Waals surface area (Å²) in [5.74, 6) is -1.26. The largest absolute Gasteiger partial charge is 0.480 e. The number of carbonyl (C=O) groups is 1. The smallest absolute Gasteiger partial charge is 0.322 e. The highest BCUT2D eigenvalue weighted by atomic mass is 32.2. The Hall–Kier alpha value is -0.880. The zero-order valence-corrected chi connectivity index (χ0v) is 10.6. The Kier molecular flexibility index (Phi) is 4.49. The quantitative estimate of drug-likeness (QED) is 0.852. The van der Waals surface area contributed by atoms with Gasteiger partial charge in [0.15, 0.2) is 5.25 Å². The lowest BCUT2D eigenvalue weighted by Gasteiger charge is -2.11. The molecule has 6 heteroatoms. The minimum atomic E-state index is -3.71. The Morgan fingerprint density at radius 2 is 2.25 bits per heavy atom. The molecule has 1 aromatic heterocycles. The van der Waals surface area contributed by atoms with E-state index in [0.717, 1.165) is 17.8 Å². The van der Waals surface area contributed by atoms with Gasteiger partial charge < -0.3 is 5.11 Å². The van der Waals surface area contributed by atoms with Crippen molar-refractivity contribution in [3.63, 3.8) is 0 Å². The number of carboxylic acid groups (broad SMARTS) is 1. The van der Waals surface area contributed by atoms with Crippen LogP contribution >= 0.6 is 11.3 Å². The van der Waals surface area contributed by atoms with E-state index >= 15 is 0 Å². The highest BCUT2D eigenvalue weighted by molar-refractivity contribution is 7.94. The van der Waals surface area contributed by atoms with Crippen molar-refractivity contribution in [3.05, 3.63) is 17.5 Å². The van der Waals surface area contributed by atoms with Gasteiger partial charge in [0, 0.05) is 0 Å². The molecular formula is C10H14O4S2. The fourth-order valence-corrected chi connectivity index (χ4v) is 4.16. The van der Waals surface area contributed by atoms with Gasteiger partial charge in [0.1, 0.15) is 4.21 Å². The van der Waals surface area contributed by atoms with Crippen molar-refractivity contribution in [3.8, 4) is 0 Å². The van der Waals surface area contributed by atoms with E-state index < -0.39 is 21.1 Å². The molecule has 0 aliphatic carbocycles. The summed E-state index contributed by atoms with van der Waals surface area (Å²) in [5.41, 5.74) is 0. The predicted molar refractivity (Wildman–Crippen MR) is 62.5 cm³/mol. The van der Waals surface area contributed by atoms with Gasteiger partial charge in [0.2, 0.25) is 9.84 Å². The second-order valence-corrected chi connectivity index (χ2v) is 6.75. The maximum atomic E-state index is 12.0. The monoisotopic (exact) mass is 262 g/mol. The number of aliphatic carboxylic acids is 1. The maximum absolute atomic E-state index is 12.0. The minimum Gasteiger partial charge on any atom is -0.480 e. The third kappa shape index (κ3) is 2.82. The van der Waals surface area contributed by atoms with Gasteiger partial charge in [-0.1, -0.05) is 25.8 Å². The first-order chi connectivity index (χ1) is 7.50. The van der Waals surface area contributed by atoms with Crippen molar-refractivity contribution in [1.29, 1.82) is 0 Å². The second-order valence-electron chi connectivity index (χ2n) is 3.45. The predicted octanol–water partition coefficient (Wildman–Crippen LogP) is 2.17. The van der Waals surface area contributed by atoms with Crippen LogP contribution in [0.2, 0.25) is 0 Å². The molecule has 0 aromatic carbocycles. The summed E-state index contributed by atoms with van der Waals surface area (Å²) in [6, 6.07) is 3.05. The number of unbranched alkanes of at least 4 members (excludes halogenated alkanes) is 1. The molecule has 0 saturated carbocycles. The Balaban J connectivity index is 2.98. The molecule has 4 nitrogen and oxygen atoms in total. The van der Waals surface area contributed by atoms with E-state index in [9.17, 15) is 13.2 Å². The van der Waals surface area contributed by atoms with Crippen LogP contribution in [0.15, 0.2) is 21.7 Å². The number of hydrogen-bond acceptors (Lipinski definition) is 4. The van der Waals surface area contributed by atoms with Gasteiger partial charge in [0.25, 0.3) is 0 Å². The molecule has 1 N–H and O–H groups in total. The highest BCUT2D eigenvalue weighted by Crippen LogP contribution is 2.24. The van der Waals surface area contributed by atoms with Crippen LogP contribution in [0.25, 0.3) is 0 Å². The number of carboxylic acids is 1. The summed E-state index contributed by atoms with van der Waals surface area (Å²) in [5, 5.41) is 9.28. The Morgan fingerprint density at radius 1 is 1.56 bits per heavy atom.